The lowest BCUT2D eigenvalue weighted by atomic mass is 10.3. The average molecular weight is 350 g/mol. The van der Waals surface area contributed by atoms with Crippen LogP contribution in [0.2, 0.25) is 5.02 Å². The van der Waals surface area contributed by atoms with Crippen molar-refractivity contribution < 1.29 is 22.7 Å². The van der Waals surface area contributed by atoms with Gasteiger partial charge >= 0.3 is 5.97 Å². The summed E-state index contributed by atoms with van der Waals surface area (Å²) >= 11 is 6.19. The molecule has 0 bridgehead atoms. The molecule has 0 atom stereocenters. The Morgan fingerprint density at radius 1 is 1.38 bits per heavy atom. The third kappa shape index (κ3) is 3.34. The Balaban J connectivity index is 2.38. The predicted molar refractivity (Wildman–Crippen MR) is 78.2 cm³/mol. The molecule has 0 fully saturated rings. The van der Waals surface area contributed by atoms with Gasteiger partial charge in [0.1, 0.15) is 14.9 Å². The highest BCUT2D eigenvalue weighted by Crippen LogP contribution is 2.28. The van der Waals surface area contributed by atoms with E-state index >= 15 is 0 Å². The number of hydrogen-bond acceptors (Lipinski definition) is 4. The normalized spacial score (nSPS) is 11.4. The van der Waals surface area contributed by atoms with E-state index < -0.39 is 21.8 Å². The van der Waals surface area contributed by atoms with Crippen molar-refractivity contribution in [2.75, 3.05) is 4.72 Å². The van der Waals surface area contributed by atoms with Crippen LogP contribution in [0, 0.1) is 12.7 Å². The van der Waals surface area contributed by atoms with Crippen LogP contribution in [-0.2, 0) is 10.0 Å². The van der Waals surface area contributed by atoms with Gasteiger partial charge in [-0.1, -0.05) is 11.6 Å². The number of hydrogen-bond donors (Lipinski definition) is 2. The quantitative estimate of drug-likeness (QED) is 0.886. The van der Waals surface area contributed by atoms with Crippen molar-refractivity contribution in [3.63, 3.8) is 0 Å². The lowest BCUT2D eigenvalue weighted by molar-refractivity contribution is 0.0701. The van der Waals surface area contributed by atoms with Crippen molar-refractivity contribution in [1.82, 2.24) is 0 Å². The second-order valence-corrected chi connectivity index (χ2v) is 7.51. The van der Waals surface area contributed by atoms with Gasteiger partial charge in [0.2, 0.25) is 0 Å². The second-order valence-electron chi connectivity index (χ2n) is 4.11. The monoisotopic (exact) mass is 349 g/mol. The Morgan fingerprint density at radius 3 is 2.57 bits per heavy atom. The number of aromatic carboxylic acids is 1. The molecule has 0 spiro atoms. The van der Waals surface area contributed by atoms with Gasteiger partial charge in [0, 0.05) is 5.02 Å². The Kier molecular flexibility index (Phi) is 4.22. The average Bonchev–Trinajstić information content (AvgIpc) is 2.76. The fourth-order valence-corrected chi connectivity index (χ4v) is 4.17. The van der Waals surface area contributed by atoms with E-state index in [2.05, 4.69) is 4.72 Å². The highest BCUT2D eigenvalue weighted by Gasteiger charge is 2.22. The van der Waals surface area contributed by atoms with Gasteiger partial charge in [-0.05, 0) is 36.8 Å². The number of sulfonamides is 1. The minimum absolute atomic E-state index is 0.0769. The van der Waals surface area contributed by atoms with E-state index in [9.17, 15) is 17.6 Å². The molecule has 1 aromatic carbocycles. The van der Waals surface area contributed by atoms with E-state index in [1.165, 1.54) is 25.1 Å². The Bertz CT molecular complexity index is 817. The molecule has 0 radical (unpaired) electrons. The minimum atomic E-state index is -4.06. The maximum atomic E-state index is 13.6. The van der Waals surface area contributed by atoms with Crippen molar-refractivity contribution in [3.8, 4) is 0 Å². The van der Waals surface area contributed by atoms with Crippen molar-refractivity contribution in [2.45, 2.75) is 11.1 Å². The third-order valence-electron chi connectivity index (χ3n) is 2.53. The van der Waals surface area contributed by atoms with E-state index in [1.807, 2.05) is 0 Å². The lowest BCUT2D eigenvalue weighted by Gasteiger charge is -2.07. The number of anilines is 1. The summed E-state index contributed by atoms with van der Waals surface area (Å²) in [7, 11) is -4.06. The van der Waals surface area contributed by atoms with Crippen LogP contribution < -0.4 is 4.72 Å². The molecule has 9 heteroatoms. The number of thiophene rings is 1. The summed E-state index contributed by atoms with van der Waals surface area (Å²) in [5.41, 5.74) is 0.0618. The van der Waals surface area contributed by atoms with Crippen LogP contribution in [0.3, 0.4) is 0 Å². The first-order valence-corrected chi connectivity index (χ1v) is 8.20. The first kappa shape index (κ1) is 15.7. The van der Waals surface area contributed by atoms with E-state index in [0.29, 0.717) is 16.9 Å². The van der Waals surface area contributed by atoms with E-state index in [0.717, 1.165) is 6.07 Å². The van der Waals surface area contributed by atoms with Gasteiger partial charge in [-0.15, -0.1) is 11.3 Å². The molecule has 0 unspecified atom stereocenters. The summed E-state index contributed by atoms with van der Waals surface area (Å²) in [4.78, 5) is 10.9. The molecule has 21 heavy (non-hydrogen) atoms. The van der Waals surface area contributed by atoms with Gasteiger partial charge < -0.3 is 5.11 Å². The van der Waals surface area contributed by atoms with Crippen LogP contribution in [0.25, 0.3) is 0 Å². The maximum absolute atomic E-state index is 13.6. The van der Waals surface area contributed by atoms with Crippen molar-refractivity contribution >= 4 is 44.6 Å². The molecule has 0 aliphatic heterocycles. The van der Waals surface area contributed by atoms with Gasteiger partial charge in [-0.3, -0.25) is 4.72 Å². The highest BCUT2D eigenvalue weighted by atomic mass is 35.5. The number of rotatable bonds is 4. The minimum Gasteiger partial charge on any atom is -0.477 e. The summed E-state index contributed by atoms with van der Waals surface area (Å²) in [6, 6.07) is 4.73. The van der Waals surface area contributed by atoms with Crippen LogP contribution in [0.5, 0.6) is 0 Å². The van der Waals surface area contributed by atoms with Crippen molar-refractivity contribution in [2.24, 2.45) is 0 Å². The van der Waals surface area contributed by atoms with Gasteiger partial charge in [0.05, 0.1) is 5.69 Å². The summed E-state index contributed by atoms with van der Waals surface area (Å²) < 4.78 is 39.7. The molecule has 0 aliphatic rings. The number of carboxylic acid groups (broad SMARTS) is 1. The van der Waals surface area contributed by atoms with E-state index in [-0.39, 0.29) is 19.8 Å². The number of carboxylic acids is 1. The summed E-state index contributed by atoms with van der Waals surface area (Å²) in [6.07, 6.45) is 0. The first-order chi connectivity index (χ1) is 9.70. The zero-order chi connectivity index (χ0) is 15.8. The fourth-order valence-electron chi connectivity index (χ4n) is 1.56. The van der Waals surface area contributed by atoms with E-state index in [1.54, 1.807) is 0 Å². The predicted octanol–water partition coefficient (Wildman–Crippen LogP) is 3.35. The second kappa shape index (κ2) is 5.63. The largest absolute Gasteiger partial charge is 0.477 e. The molecule has 1 aromatic heterocycles. The summed E-state index contributed by atoms with van der Waals surface area (Å²) in [5, 5.41) is 9.06. The van der Waals surface area contributed by atoms with Crippen LogP contribution in [0.4, 0.5) is 10.1 Å². The Hall–Kier alpha value is -1.64. The Labute approximate surface area is 129 Å². The lowest BCUT2D eigenvalue weighted by Crippen LogP contribution is -2.12. The van der Waals surface area contributed by atoms with Gasteiger partial charge in [0.25, 0.3) is 10.0 Å². The van der Waals surface area contributed by atoms with Crippen LogP contribution >= 0.6 is 22.9 Å². The van der Waals surface area contributed by atoms with Crippen LogP contribution in [0.1, 0.15) is 15.2 Å². The highest BCUT2D eigenvalue weighted by molar-refractivity contribution is 7.94. The number of carbonyl (C=O) groups is 1. The molecule has 2 N–H and O–H groups in total. The van der Waals surface area contributed by atoms with Crippen molar-refractivity contribution in [1.29, 1.82) is 0 Å². The van der Waals surface area contributed by atoms with Crippen LogP contribution in [0.15, 0.2) is 28.5 Å². The van der Waals surface area contributed by atoms with Gasteiger partial charge in [0.15, 0.2) is 0 Å². The summed E-state index contributed by atoms with van der Waals surface area (Å²) in [6.45, 7) is 1.49. The molecule has 0 amide bonds. The number of nitrogens with one attached hydrogen (secondary N) is 1. The zero-order valence-corrected chi connectivity index (χ0v) is 12.9. The molecule has 5 nitrogen and oxygen atoms in total. The molecular weight excluding hydrogens is 341 g/mol. The smallest absolute Gasteiger partial charge is 0.346 e. The Morgan fingerprint density at radius 2 is 2.05 bits per heavy atom. The number of halogens is 2. The molecule has 112 valence electrons. The summed E-state index contributed by atoms with van der Waals surface area (Å²) in [5.74, 6) is -2.03. The molecule has 1 heterocycles. The topological polar surface area (TPSA) is 83.5 Å². The van der Waals surface area contributed by atoms with Gasteiger partial charge in [-0.25, -0.2) is 17.6 Å². The zero-order valence-electron chi connectivity index (χ0n) is 10.6. The van der Waals surface area contributed by atoms with E-state index in [4.69, 9.17) is 16.7 Å². The first-order valence-electron chi connectivity index (χ1n) is 5.52. The maximum Gasteiger partial charge on any atom is 0.346 e. The van der Waals surface area contributed by atoms with Crippen molar-refractivity contribution in [3.05, 3.63) is 45.5 Å². The number of benzene rings is 1. The van der Waals surface area contributed by atoms with Crippen LogP contribution in [-0.4, -0.2) is 19.5 Å². The third-order valence-corrected chi connectivity index (χ3v) is 5.83. The SMILES string of the molecule is Cc1cc(S(=O)(=O)Nc2ccc(Cl)cc2F)sc1C(=O)O. The number of aryl methyl sites for hydroxylation is 1. The molecule has 2 aromatic rings. The molecule has 2 rings (SSSR count). The van der Waals surface area contributed by atoms with Gasteiger partial charge in [-0.2, -0.15) is 0 Å². The molecule has 0 aliphatic carbocycles. The molecule has 0 saturated carbocycles. The molecule has 0 saturated heterocycles. The standard InChI is InChI=1S/C12H9ClFNO4S2/c1-6-4-10(20-11(6)12(16)17)21(18,19)15-9-3-2-7(13)5-8(9)14/h2-5,15H,1H3,(H,16,17). The fraction of sp³-hybridized carbons (Fsp3) is 0.0833. The molecular formula is C12H9ClFNO4S2.